The first-order chi connectivity index (χ1) is 39.7. The number of esters is 1. The Morgan fingerprint density at radius 3 is 1.33 bits per heavy atom. The Bertz CT molecular complexity index is 1590. The highest BCUT2D eigenvalue weighted by Gasteiger charge is 2.47. The Hall–Kier alpha value is -2.90. The van der Waals surface area contributed by atoms with E-state index in [9.17, 15) is 35.1 Å². The number of carbonyl (C=O) groups excluding carboxylic acids is 2. The van der Waals surface area contributed by atoms with Gasteiger partial charge in [0.25, 0.3) is 0 Å². The lowest BCUT2D eigenvalue weighted by Gasteiger charge is -2.41. The molecule has 1 amide bonds. The number of aliphatic hydroxyl groups is 5. The molecule has 81 heavy (non-hydrogen) atoms. The molecule has 0 bridgehead atoms. The maximum Gasteiger partial charge on any atom is 0.306 e. The van der Waals surface area contributed by atoms with Gasteiger partial charge in [0.15, 0.2) is 12.4 Å². The number of unbranched alkanes of at least 4 members (excludes halogenated alkanes) is 33. The first kappa shape index (κ1) is 76.1. The van der Waals surface area contributed by atoms with Crippen LogP contribution in [0, 0.1) is 0 Å². The van der Waals surface area contributed by atoms with Gasteiger partial charge in [-0.05, 0) is 70.6 Å². The molecular weight excluding hydrogens is 1010 g/mol. The van der Waals surface area contributed by atoms with Crippen molar-refractivity contribution in [1.29, 1.82) is 0 Å². The van der Waals surface area contributed by atoms with Crippen LogP contribution in [0.1, 0.15) is 297 Å². The second-order valence-corrected chi connectivity index (χ2v) is 23.2. The van der Waals surface area contributed by atoms with E-state index in [0.29, 0.717) is 19.3 Å². The van der Waals surface area contributed by atoms with E-state index in [0.717, 1.165) is 89.9 Å². The minimum atomic E-state index is -1.63. The minimum Gasteiger partial charge on any atom is -0.454 e. The van der Waals surface area contributed by atoms with Gasteiger partial charge < -0.3 is 45.1 Å². The highest BCUT2D eigenvalue weighted by molar-refractivity contribution is 5.80. The van der Waals surface area contributed by atoms with Gasteiger partial charge in [-0.3, -0.25) is 9.59 Å². The smallest absolute Gasteiger partial charge is 0.306 e. The van der Waals surface area contributed by atoms with Gasteiger partial charge in [-0.2, -0.15) is 0 Å². The average molecular weight is 1140 g/mol. The number of amides is 1. The maximum atomic E-state index is 13.5. The van der Waals surface area contributed by atoms with Gasteiger partial charge in [-0.15, -0.1) is 0 Å². The summed E-state index contributed by atoms with van der Waals surface area (Å²) in [5.74, 6) is -1.22. The molecule has 8 unspecified atom stereocenters. The third kappa shape index (κ3) is 45.2. The van der Waals surface area contributed by atoms with Crippen LogP contribution in [0.25, 0.3) is 0 Å². The summed E-state index contributed by atoms with van der Waals surface area (Å²) < 4.78 is 17.6. The topological polar surface area (TPSA) is 175 Å². The van der Waals surface area contributed by atoms with E-state index >= 15 is 0 Å². The normalized spacial score (nSPS) is 19.1. The number of aliphatic hydroxyl groups excluding tert-OH is 5. The molecule has 0 aromatic heterocycles. The van der Waals surface area contributed by atoms with Crippen LogP contribution < -0.4 is 5.32 Å². The first-order valence-corrected chi connectivity index (χ1v) is 33.7. The quantitative estimate of drug-likeness (QED) is 0.0195. The molecule has 8 atom stereocenters. The average Bonchev–Trinajstić information content (AvgIpc) is 3.50. The molecule has 1 rings (SSSR count). The lowest BCUT2D eigenvalue weighted by molar-refractivity contribution is -0.305. The largest absolute Gasteiger partial charge is 0.454 e. The number of rotatable bonds is 57. The predicted octanol–water partition coefficient (Wildman–Crippen LogP) is 16.7. The number of ether oxygens (including phenoxy) is 3. The first-order valence-electron chi connectivity index (χ1n) is 33.7. The number of nitrogens with one attached hydrogen (secondary N) is 1. The highest BCUT2D eigenvalue weighted by atomic mass is 16.7. The zero-order chi connectivity index (χ0) is 58.9. The zero-order valence-corrected chi connectivity index (χ0v) is 52.1. The number of carbonyl (C=O) groups is 2. The summed E-state index contributed by atoms with van der Waals surface area (Å²) in [7, 11) is 0. The zero-order valence-electron chi connectivity index (χ0n) is 52.1. The van der Waals surface area contributed by atoms with Gasteiger partial charge in [0.2, 0.25) is 5.91 Å². The molecule has 6 N–H and O–H groups in total. The third-order valence-corrected chi connectivity index (χ3v) is 15.6. The molecule has 11 heteroatoms. The monoisotopic (exact) mass is 1140 g/mol. The van der Waals surface area contributed by atoms with Gasteiger partial charge in [0, 0.05) is 6.42 Å². The molecular formula is C70H125NO10. The number of hydrogen-bond acceptors (Lipinski definition) is 10. The number of hydrogen-bond donors (Lipinski definition) is 6. The lowest BCUT2D eigenvalue weighted by atomic mass is 9.99. The van der Waals surface area contributed by atoms with Crippen molar-refractivity contribution in [1.82, 2.24) is 5.32 Å². The van der Waals surface area contributed by atoms with E-state index in [1.807, 2.05) is 6.08 Å². The van der Waals surface area contributed by atoms with Gasteiger partial charge >= 0.3 is 5.97 Å². The van der Waals surface area contributed by atoms with Gasteiger partial charge in [-0.1, -0.05) is 293 Å². The summed E-state index contributed by atoms with van der Waals surface area (Å²) in [6, 6.07) is -1.03. The molecule has 11 nitrogen and oxygen atoms in total. The standard InChI is InChI=1S/C70H125NO10/c1-4-7-10-13-16-19-22-24-26-28-30-31-32-34-35-37-39-42-45-48-51-54-57-63(74)69(78)71-61(62(73)56-53-50-47-44-41-21-18-15-12-9-6-3)60-79-70-68(67(77)66(76)64(59-72)80-70)81-65(75)58-55-52-49-46-43-40-38-36-33-29-27-25-23-20-17-14-11-8-5-2/h8,11,17,20,25,27,33,36,40,43,53,56,61-64,66-68,70,72-74,76-77H,4-7,9-10,12-16,18-19,21-24,26,28-32,34-35,37-39,41-42,44-52,54-55,57-60H2,1-3H3,(H,71,78)/b11-8-,20-17-,27-25-,36-33-,43-40-,56-53+. The summed E-state index contributed by atoms with van der Waals surface area (Å²) in [5, 5.41) is 57.1. The Balaban J connectivity index is 2.61. The van der Waals surface area contributed by atoms with Gasteiger partial charge in [0.1, 0.15) is 24.4 Å². The Morgan fingerprint density at radius 1 is 0.494 bits per heavy atom. The molecule has 0 radical (unpaired) electrons. The minimum absolute atomic E-state index is 0.0831. The fourth-order valence-electron chi connectivity index (χ4n) is 10.3. The summed E-state index contributed by atoms with van der Waals surface area (Å²) in [4.78, 5) is 26.6. The molecule has 1 fully saturated rings. The SMILES string of the molecule is CC/C=C\C/C=C\C/C=C\C/C=C\C/C=C\CCCCCC(=O)OC1C(OCC(NC(=O)C(O)CCCCCCCCCCCCCCCCCCCCCCCC)C(O)/C=C/CCCCCCCCCCC)OC(CO)C(O)C1O. The van der Waals surface area contributed by atoms with E-state index in [4.69, 9.17) is 14.2 Å². The molecule has 0 spiro atoms. The van der Waals surface area contributed by atoms with Crippen molar-refractivity contribution in [2.24, 2.45) is 0 Å². The molecule has 1 heterocycles. The van der Waals surface area contributed by atoms with Crippen LogP contribution in [0.5, 0.6) is 0 Å². The fourth-order valence-corrected chi connectivity index (χ4v) is 10.3. The number of allylic oxidation sites excluding steroid dienone is 11. The van der Waals surface area contributed by atoms with E-state index in [1.165, 1.54) is 161 Å². The Morgan fingerprint density at radius 2 is 0.889 bits per heavy atom. The van der Waals surface area contributed by atoms with E-state index in [1.54, 1.807) is 6.08 Å². The second-order valence-electron chi connectivity index (χ2n) is 23.2. The molecule has 0 aromatic carbocycles. The molecule has 470 valence electrons. The van der Waals surface area contributed by atoms with Crippen LogP contribution >= 0.6 is 0 Å². The third-order valence-electron chi connectivity index (χ3n) is 15.6. The highest BCUT2D eigenvalue weighted by Crippen LogP contribution is 2.26. The molecule has 0 saturated carbocycles. The van der Waals surface area contributed by atoms with Gasteiger partial charge in [0.05, 0.1) is 25.4 Å². The molecule has 1 aliphatic rings. The van der Waals surface area contributed by atoms with Crippen LogP contribution in [0.4, 0.5) is 0 Å². The van der Waals surface area contributed by atoms with E-state index in [-0.39, 0.29) is 13.0 Å². The van der Waals surface area contributed by atoms with Crippen molar-refractivity contribution in [2.45, 2.75) is 346 Å². The summed E-state index contributed by atoms with van der Waals surface area (Å²) >= 11 is 0. The molecule has 1 aliphatic heterocycles. The van der Waals surface area contributed by atoms with Crippen molar-refractivity contribution in [2.75, 3.05) is 13.2 Å². The predicted molar refractivity (Wildman–Crippen MR) is 338 cm³/mol. The Kier molecular flexibility index (Phi) is 54.1. The van der Waals surface area contributed by atoms with E-state index < -0.39 is 67.4 Å². The molecule has 0 aromatic rings. The van der Waals surface area contributed by atoms with Crippen molar-refractivity contribution in [3.05, 3.63) is 72.9 Å². The summed E-state index contributed by atoms with van der Waals surface area (Å²) in [5.41, 5.74) is 0. The van der Waals surface area contributed by atoms with Crippen LogP contribution in [0.15, 0.2) is 72.9 Å². The Labute approximate surface area is 496 Å². The van der Waals surface area contributed by atoms with Crippen molar-refractivity contribution in [3.8, 4) is 0 Å². The lowest BCUT2D eigenvalue weighted by Crippen LogP contribution is -2.61. The fraction of sp³-hybridized carbons (Fsp3) is 0.800. The van der Waals surface area contributed by atoms with E-state index in [2.05, 4.69) is 86.8 Å². The van der Waals surface area contributed by atoms with Crippen LogP contribution in [0.2, 0.25) is 0 Å². The van der Waals surface area contributed by atoms with Crippen LogP contribution in [0.3, 0.4) is 0 Å². The molecule has 0 aliphatic carbocycles. The molecule has 1 saturated heterocycles. The van der Waals surface area contributed by atoms with Crippen molar-refractivity contribution in [3.63, 3.8) is 0 Å². The van der Waals surface area contributed by atoms with Gasteiger partial charge in [-0.25, -0.2) is 0 Å². The summed E-state index contributed by atoms with van der Waals surface area (Å²) in [6.07, 6.45) is 63.8. The maximum absolute atomic E-state index is 13.5. The van der Waals surface area contributed by atoms with Crippen LogP contribution in [-0.2, 0) is 23.8 Å². The van der Waals surface area contributed by atoms with Crippen molar-refractivity contribution < 1.29 is 49.3 Å². The summed E-state index contributed by atoms with van der Waals surface area (Å²) in [6.45, 7) is 5.68. The van der Waals surface area contributed by atoms with Crippen LogP contribution in [-0.4, -0.2) is 99.6 Å². The van der Waals surface area contributed by atoms with Crippen molar-refractivity contribution >= 4 is 11.9 Å². The second kappa shape index (κ2) is 57.5.